The third kappa shape index (κ3) is 10.0. The molecule has 0 nitrogen and oxygen atoms in total. The molecule has 0 rings (SSSR count). The second-order valence-electron chi connectivity index (χ2n) is 4.42. The molecular weight excluding hydrogens is 132 g/mol. The van der Waals surface area contributed by atoms with Gasteiger partial charge in [0.15, 0.2) is 0 Å². The van der Waals surface area contributed by atoms with E-state index >= 15 is 0 Å². The van der Waals surface area contributed by atoms with Crippen LogP contribution in [0.5, 0.6) is 0 Å². The van der Waals surface area contributed by atoms with E-state index in [0.29, 0.717) is 5.41 Å². The van der Waals surface area contributed by atoms with Gasteiger partial charge in [0.05, 0.1) is 0 Å². The van der Waals surface area contributed by atoms with Crippen molar-refractivity contribution < 1.29 is 0 Å². The Morgan fingerprint density at radius 3 is 2.09 bits per heavy atom. The summed E-state index contributed by atoms with van der Waals surface area (Å²) >= 11 is 0. The van der Waals surface area contributed by atoms with E-state index in [4.69, 9.17) is 0 Å². The fourth-order valence-electron chi connectivity index (χ4n) is 1.11. The minimum Gasteiger partial charge on any atom is -0.0654 e. The van der Waals surface area contributed by atoms with Crippen LogP contribution in [-0.2, 0) is 0 Å². The molecule has 0 N–H and O–H groups in total. The molecule has 67 valence electrons. The summed E-state index contributed by atoms with van der Waals surface area (Å²) < 4.78 is 0. The Balaban J connectivity index is 3.02. The first-order valence-electron chi connectivity index (χ1n) is 4.90. The van der Waals surface area contributed by atoms with E-state index in [1.165, 1.54) is 32.1 Å². The van der Waals surface area contributed by atoms with Crippen molar-refractivity contribution in [3.05, 3.63) is 6.42 Å². The lowest BCUT2D eigenvalue weighted by Crippen LogP contribution is -2.04. The molecule has 0 bridgehead atoms. The van der Waals surface area contributed by atoms with Crippen molar-refractivity contribution in [2.45, 2.75) is 59.8 Å². The van der Waals surface area contributed by atoms with Crippen LogP contribution >= 0.6 is 0 Å². The predicted octanol–water partition coefficient (Wildman–Crippen LogP) is 4.21. The van der Waals surface area contributed by atoms with E-state index in [0.717, 1.165) is 0 Å². The molecule has 0 amide bonds. The average molecular weight is 155 g/mol. The van der Waals surface area contributed by atoms with Crippen LogP contribution in [0.15, 0.2) is 0 Å². The molecule has 1 radical (unpaired) electrons. The zero-order chi connectivity index (χ0) is 8.74. The van der Waals surface area contributed by atoms with Gasteiger partial charge in [-0.25, -0.2) is 0 Å². The SMILES string of the molecule is CCCCCC[CH]C(C)(C)C. The van der Waals surface area contributed by atoms with E-state index in [-0.39, 0.29) is 0 Å². The summed E-state index contributed by atoms with van der Waals surface area (Å²) in [6, 6.07) is 0. The monoisotopic (exact) mass is 155 g/mol. The highest BCUT2D eigenvalue weighted by Gasteiger charge is 2.08. The van der Waals surface area contributed by atoms with Crippen molar-refractivity contribution in [2.24, 2.45) is 5.41 Å². The highest BCUT2D eigenvalue weighted by molar-refractivity contribution is 4.79. The van der Waals surface area contributed by atoms with Gasteiger partial charge in [0.2, 0.25) is 0 Å². The van der Waals surface area contributed by atoms with Crippen LogP contribution in [0.1, 0.15) is 59.8 Å². The molecule has 0 aromatic carbocycles. The Kier molecular flexibility index (Phi) is 5.62. The van der Waals surface area contributed by atoms with Crippen LogP contribution in [0.25, 0.3) is 0 Å². The number of hydrogen-bond donors (Lipinski definition) is 0. The molecule has 0 aromatic rings. The van der Waals surface area contributed by atoms with Gasteiger partial charge >= 0.3 is 0 Å². The Hall–Kier alpha value is 0. The molecule has 11 heavy (non-hydrogen) atoms. The molecule has 0 aromatic heterocycles. The topological polar surface area (TPSA) is 0 Å². The summed E-state index contributed by atoms with van der Waals surface area (Å²) in [6.07, 6.45) is 9.26. The maximum atomic E-state index is 2.43. The Morgan fingerprint density at radius 1 is 1.00 bits per heavy atom. The minimum atomic E-state index is 0.423. The minimum absolute atomic E-state index is 0.423. The lowest BCUT2D eigenvalue weighted by Gasteiger charge is -2.16. The maximum Gasteiger partial charge on any atom is -0.0332 e. The fraction of sp³-hybridized carbons (Fsp3) is 0.909. The van der Waals surface area contributed by atoms with Gasteiger partial charge in [-0.15, -0.1) is 0 Å². The van der Waals surface area contributed by atoms with Crippen LogP contribution in [0.2, 0.25) is 0 Å². The molecule has 0 aliphatic carbocycles. The molecule has 0 atom stereocenters. The van der Waals surface area contributed by atoms with Gasteiger partial charge in [0.25, 0.3) is 0 Å². The van der Waals surface area contributed by atoms with Gasteiger partial charge in [-0.3, -0.25) is 0 Å². The third-order valence-electron chi connectivity index (χ3n) is 1.81. The third-order valence-corrected chi connectivity index (χ3v) is 1.81. The Labute approximate surface area is 72.4 Å². The summed E-state index contributed by atoms with van der Waals surface area (Å²) in [4.78, 5) is 0. The van der Waals surface area contributed by atoms with Crippen molar-refractivity contribution >= 4 is 0 Å². The van der Waals surface area contributed by atoms with Crippen LogP contribution in [0.4, 0.5) is 0 Å². The first kappa shape index (κ1) is 11.0. The predicted molar refractivity (Wildman–Crippen MR) is 52.5 cm³/mol. The molecule has 0 unspecified atom stereocenters. The normalized spacial score (nSPS) is 12.0. The second kappa shape index (κ2) is 5.62. The summed E-state index contributed by atoms with van der Waals surface area (Å²) in [5.74, 6) is 0. The summed E-state index contributed by atoms with van der Waals surface area (Å²) in [5.41, 5.74) is 0.423. The van der Waals surface area contributed by atoms with Crippen LogP contribution in [-0.4, -0.2) is 0 Å². The van der Waals surface area contributed by atoms with Crippen molar-refractivity contribution in [3.8, 4) is 0 Å². The number of rotatable bonds is 5. The van der Waals surface area contributed by atoms with Gasteiger partial charge in [0.1, 0.15) is 0 Å². The van der Waals surface area contributed by atoms with Crippen LogP contribution in [0, 0.1) is 11.8 Å². The molecule has 0 saturated carbocycles. The molecule has 0 aliphatic rings. The zero-order valence-corrected chi connectivity index (χ0v) is 8.61. The van der Waals surface area contributed by atoms with E-state index in [1.54, 1.807) is 0 Å². The molecule has 0 saturated heterocycles. The van der Waals surface area contributed by atoms with Gasteiger partial charge in [-0.05, 0) is 18.3 Å². The molecule has 0 heteroatoms. The van der Waals surface area contributed by atoms with Crippen LogP contribution in [0.3, 0.4) is 0 Å². The maximum absolute atomic E-state index is 2.43. The summed E-state index contributed by atoms with van der Waals surface area (Å²) in [7, 11) is 0. The smallest absolute Gasteiger partial charge is 0.0332 e. The van der Waals surface area contributed by atoms with E-state index < -0.39 is 0 Å². The molecule has 0 heterocycles. The Morgan fingerprint density at radius 2 is 1.64 bits per heavy atom. The van der Waals surface area contributed by atoms with Gasteiger partial charge < -0.3 is 0 Å². The highest BCUT2D eigenvalue weighted by atomic mass is 14.1. The fourth-order valence-corrected chi connectivity index (χ4v) is 1.11. The second-order valence-corrected chi connectivity index (χ2v) is 4.42. The lowest BCUT2D eigenvalue weighted by molar-refractivity contribution is 0.463. The lowest BCUT2D eigenvalue weighted by atomic mass is 9.89. The van der Waals surface area contributed by atoms with E-state index in [9.17, 15) is 0 Å². The molecule has 0 spiro atoms. The van der Waals surface area contributed by atoms with Gasteiger partial charge in [0, 0.05) is 0 Å². The summed E-state index contributed by atoms with van der Waals surface area (Å²) in [6.45, 7) is 9.07. The Bertz CT molecular complexity index is 76.5. The van der Waals surface area contributed by atoms with E-state index in [1.807, 2.05) is 0 Å². The average Bonchev–Trinajstić information content (AvgIpc) is 1.85. The quantitative estimate of drug-likeness (QED) is 0.522. The first-order valence-corrected chi connectivity index (χ1v) is 4.90. The van der Waals surface area contributed by atoms with Gasteiger partial charge in [-0.1, -0.05) is 53.4 Å². The van der Waals surface area contributed by atoms with Gasteiger partial charge in [-0.2, -0.15) is 0 Å². The largest absolute Gasteiger partial charge is 0.0654 e. The van der Waals surface area contributed by atoms with E-state index in [2.05, 4.69) is 34.1 Å². The standard InChI is InChI=1S/C11H23/c1-5-6-7-8-9-10-11(2,3)4/h10H,5-9H2,1-4H3. The number of unbranched alkanes of at least 4 members (excludes halogenated alkanes) is 4. The van der Waals surface area contributed by atoms with Crippen molar-refractivity contribution in [3.63, 3.8) is 0 Å². The molecule has 0 aliphatic heterocycles. The van der Waals surface area contributed by atoms with Crippen molar-refractivity contribution in [2.75, 3.05) is 0 Å². The van der Waals surface area contributed by atoms with Crippen molar-refractivity contribution in [1.29, 1.82) is 0 Å². The molecule has 0 fully saturated rings. The molecular formula is C11H23. The van der Waals surface area contributed by atoms with Crippen molar-refractivity contribution in [1.82, 2.24) is 0 Å². The summed E-state index contributed by atoms with van der Waals surface area (Å²) in [5, 5.41) is 0. The number of hydrogen-bond acceptors (Lipinski definition) is 0. The first-order chi connectivity index (χ1) is 5.06. The zero-order valence-electron chi connectivity index (χ0n) is 8.61. The van der Waals surface area contributed by atoms with Crippen LogP contribution < -0.4 is 0 Å². The highest BCUT2D eigenvalue weighted by Crippen LogP contribution is 2.21.